The summed E-state index contributed by atoms with van der Waals surface area (Å²) in [5.41, 5.74) is 0.649. The number of carbonyl (C=O) groups is 2. The molecule has 1 aromatic carbocycles. The molecule has 0 bridgehead atoms. The highest BCUT2D eigenvalue weighted by Crippen LogP contribution is 2.16. The SMILES string of the molecule is CC(=O)NCCCNC(C(=O)O)c1ccc(Cl)cc1. The molecule has 0 aliphatic rings. The van der Waals surface area contributed by atoms with Crippen molar-refractivity contribution in [2.75, 3.05) is 13.1 Å². The van der Waals surface area contributed by atoms with Gasteiger partial charge in [-0.3, -0.25) is 9.59 Å². The Balaban J connectivity index is 2.47. The molecule has 1 unspecified atom stereocenters. The molecular weight excluding hydrogens is 268 g/mol. The molecule has 1 amide bonds. The maximum Gasteiger partial charge on any atom is 0.325 e. The van der Waals surface area contributed by atoms with E-state index in [1.807, 2.05) is 0 Å². The average molecular weight is 285 g/mol. The minimum atomic E-state index is -0.943. The summed E-state index contributed by atoms with van der Waals surface area (Å²) in [6, 6.07) is 5.91. The minimum absolute atomic E-state index is 0.0903. The van der Waals surface area contributed by atoms with E-state index in [1.165, 1.54) is 6.92 Å². The summed E-state index contributed by atoms with van der Waals surface area (Å²) < 4.78 is 0. The molecule has 0 saturated carbocycles. The summed E-state index contributed by atoms with van der Waals surface area (Å²) in [5.74, 6) is -1.03. The van der Waals surface area contributed by atoms with Crippen LogP contribution in [0.15, 0.2) is 24.3 Å². The quantitative estimate of drug-likeness (QED) is 0.664. The van der Waals surface area contributed by atoms with E-state index < -0.39 is 12.0 Å². The summed E-state index contributed by atoms with van der Waals surface area (Å²) in [6.07, 6.45) is 0.664. The maximum absolute atomic E-state index is 11.2. The average Bonchev–Trinajstić information content (AvgIpc) is 2.34. The van der Waals surface area contributed by atoms with Gasteiger partial charge in [0.15, 0.2) is 0 Å². The standard InChI is InChI=1S/C13H17ClN2O3/c1-9(17)15-7-2-8-16-12(13(18)19)10-3-5-11(14)6-4-10/h3-6,12,16H,2,7-8H2,1H3,(H,15,17)(H,18,19). The first kappa shape index (κ1) is 15.5. The smallest absolute Gasteiger partial charge is 0.325 e. The first-order valence-corrected chi connectivity index (χ1v) is 6.34. The van der Waals surface area contributed by atoms with Crippen molar-refractivity contribution in [2.24, 2.45) is 0 Å². The molecule has 6 heteroatoms. The summed E-state index contributed by atoms with van der Waals surface area (Å²) in [4.78, 5) is 21.9. The zero-order valence-corrected chi connectivity index (χ0v) is 11.4. The van der Waals surface area contributed by atoms with Crippen LogP contribution in [0.3, 0.4) is 0 Å². The number of aliphatic carboxylic acids is 1. The summed E-state index contributed by atoms with van der Waals surface area (Å²) in [5, 5.41) is 15.3. The molecule has 1 atom stereocenters. The van der Waals surface area contributed by atoms with Crippen LogP contribution in [-0.4, -0.2) is 30.1 Å². The van der Waals surface area contributed by atoms with E-state index in [-0.39, 0.29) is 5.91 Å². The van der Waals surface area contributed by atoms with Crippen molar-refractivity contribution in [1.82, 2.24) is 10.6 Å². The van der Waals surface area contributed by atoms with Gasteiger partial charge in [0.2, 0.25) is 5.91 Å². The normalized spacial score (nSPS) is 11.9. The van der Waals surface area contributed by atoms with E-state index in [4.69, 9.17) is 11.6 Å². The lowest BCUT2D eigenvalue weighted by atomic mass is 10.1. The van der Waals surface area contributed by atoms with Gasteiger partial charge < -0.3 is 15.7 Å². The zero-order chi connectivity index (χ0) is 14.3. The molecule has 3 N–H and O–H groups in total. The second-order valence-electron chi connectivity index (χ2n) is 4.11. The number of hydrogen-bond donors (Lipinski definition) is 3. The second-order valence-corrected chi connectivity index (χ2v) is 4.55. The first-order chi connectivity index (χ1) is 9.00. The Morgan fingerprint density at radius 1 is 1.26 bits per heavy atom. The molecule has 19 heavy (non-hydrogen) atoms. The molecule has 0 aliphatic heterocycles. The molecule has 0 saturated heterocycles. The highest BCUT2D eigenvalue weighted by molar-refractivity contribution is 6.30. The van der Waals surface area contributed by atoms with Crippen molar-refractivity contribution in [3.05, 3.63) is 34.9 Å². The fourth-order valence-corrected chi connectivity index (χ4v) is 1.73. The number of halogens is 1. The Hall–Kier alpha value is -1.59. The van der Waals surface area contributed by atoms with Crippen molar-refractivity contribution in [3.8, 4) is 0 Å². The van der Waals surface area contributed by atoms with E-state index in [0.29, 0.717) is 30.1 Å². The molecule has 5 nitrogen and oxygen atoms in total. The lowest BCUT2D eigenvalue weighted by molar-refractivity contribution is -0.139. The molecule has 0 aliphatic carbocycles. The van der Waals surface area contributed by atoms with Gasteiger partial charge in [0.25, 0.3) is 0 Å². The first-order valence-electron chi connectivity index (χ1n) is 5.97. The van der Waals surface area contributed by atoms with Crippen molar-refractivity contribution >= 4 is 23.5 Å². The van der Waals surface area contributed by atoms with E-state index in [0.717, 1.165) is 0 Å². The van der Waals surface area contributed by atoms with Gasteiger partial charge in [-0.15, -0.1) is 0 Å². The van der Waals surface area contributed by atoms with Gasteiger partial charge in [-0.1, -0.05) is 23.7 Å². The number of amides is 1. The topological polar surface area (TPSA) is 78.4 Å². The van der Waals surface area contributed by atoms with Crippen LogP contribution in [0.4, 0.5) is 0 Å². The monoisotopic (exact) mass is 284 g/mol. The van der Waals surface area contributed by atoms with Crippen molar-refractivity contribution in [1.29, 1.82) is 0 Å². The fraction of sp³-hybridized carbons (Fsp3) is 0.385. The molecule has 0 radical (unpaired) electrons. The van der Waals surface area contributed by atoms with Crippen LogP contribution in [0.25, 0.3) is 0 Å². The van der Waals surface area contributed by atoms with E-state index in [9.17, 15) is 14.7 Å². The van der Waals surface area contributed by atoms with E-state index in [1.54, 1.807) is 24.3 Å². The molecular formula is C13H17ClN2O3. The number of nitrogens with one attached hydrogen (secondary N) is 2. The summed E-state index contributed by atoms with van der Waals surface area (Å²) >= 11 is 5.76. The van der Waals surface area contributed by atoms with Gasteiger partial charge >= 0.3 is 5.97 Å². The third-order valence-electron chi connectivity index (χ3n) is 2.53. The third-order valence-corrected chi connectivity index (χ3v) is 2.78. The predicted molar refractivity (Wildman–Crippen MR) is 73.1 cm³/mol. The molecule has 0 aromatic heterocycles. The van der Waals surface area contributed by atoms with E-state index in [2.05, 4.69) is 10.6 Å². The molecule has 0 fully saturated rings. The Bertz CT molecular complexity index is 434. The fourth-order valence-electron chi connectivity index (χ4n) is 1.60. The van der Waals surface area contributed by atoms with Gasteiger partial charge in [-0.25, -0.2) is 0 Å². The summed E-state index contributed by atoms with van der Waals surface area (Å²) in [7, 11) is 0. The van der Waals surface area contributed by atoms with Crippen LogP contribution < -0.4 is 10.6 Å². The van der Waals surface area contributed by atoms with Crippen LogP contribution in [-0.2, 0) is 9.59 Å². The van der Waals surface area contributed by atoms with Crippen LogP contribution in [0.5, 0.6) is 0 Å². The van der Waals surface area contributed by atoms with Crippen LogP contribution in [0, 0.1) is 0 Å². The minimum Gasteiger partial charge on any atom is -0.480 e. The molecule has 104 valence electrons. The Kier molecular flexibility index (Phi) is 6.32. The van der Waals surface area contributed by atoms with Gasteiger partial charge in [-0.05, 0) is 30.7 Å². The van der Waals surface area contributed by atoms with Crippen LogP contribution in [0.1, 0.15) is 24.9 Å². The van der Waals surface area contributed by atoms with E-state index >= 15 is 0 Å². The Labute approximate surface area is 117 Å². The van der Waals surface area contributed by atoms with Crippen molar-refractivity contribution < 1.29 is 14.7 Å². The Morgan fingerprint density at radius 2 is 1.89 bits per heavy atom. The molecule has 0 spiro atoms. The van der Waals surface area contributed by atoms with Crippen LogP contribution >= 0.6 is 11.6 Å². The zero-order valence-electron chi connectivity index (χ0n) is 10.6. The van der Waals surface area contributed by atoms with Gasteiger partial charge in [-0.2, -0.15) is 0 Å². The van der Waals surface area contributed by atoms with Gasteiger partial charge in [0.05, 0.1) is 0 Å². The Morgan fingerprint density at radius 3 is 2.42 bits per heavy atom. The van der Waals surface area contributed by atoms with Crippen molar-refractivity contribution in [3.63, 3.8) is 0 Å². The van der Waals surface area contributed by atoms with Gasteiger partial charge in [0.1, 0.15) is 6.04 Å². The van der Waals surface area contributed by atoms with Crippen LogP contribution in [0.2, 0.25) is 5.02 Å². The number of carbonyl (C=O) groups excluding carboxylic acids is 1. The highest BCUT2D eigenvalue weighted by atomic mass is 35.5. The molecule has 0 heterocycles. The maximum atomic E-state index is 11.2. The number of hydrogen-bond acceptors (Lipinski definition) is 3. The lowest BCUT2D eigenvalue weighted by Gasteiger charge is -2.15. The summed E-state index contributed by atoms with van der Waals surface area (Å²) in [6.45, 7) is 2.47. The lowest BCUT2D eigenvalue weighted by Crippen LogP contribution is -2.31. The molecule has 1 rings (SSSR count). The van der Waals surface area contributed by atoms with Gasteiger partial charge in [0, 0.05) is 18.5 Å². The van der Waals surface area contributed by atoms with Crippen molar-refractivity contribution in [2.45, 2.75) is 19.4 Å². The number of carboxylic acids is 1. The second kappa shape index (κ2) is 7.76. The third kappa shape index (κ3) is 5.72. The predicted octanol–water partition coefficient (Wildman–Crippen LogP) is 1.58. The number of benzene rings is 1. The molecule has 1 aromatic rings. The number of rotatable bonds is 7. The number of carboxylic acid groups (broad SMARTS) is 1. The highest BCUT2D eigenvalue weighted by Gasteiger charge is 2.18. The largest absolute Gasteiger partial charge is 0.480 e.